The molecule has 3 heterocycles. The number of carbonyl (C=O) groups excluding carboxylic acids is 2. The Balaban J connectivity index is 1.66. The van der Waals surface area contributed by atoms with E-state index in [-0.39, 0.29) is 32.7 Å². The van der Waals surface area contributed by atoms with Crippen LogP contribution < -0.4 is 10.6 Å². The zero-order chi connectivity index (χ0) is 28.3. The monoisotopic (exact) mass is 554 g/mol. The molecule has 3 aromatic rings. The van der Waals surface area contributed by atoms with Gasteiger partial charge in [-0.1, -0.05) is 33.4 Å². The number of alkyl halides is 2. The van der Waals surface area contributed by atoms with E-state index in [0.29, 0.717) is 31.6 Å². The first-order valence-corrected chi connectivity index (χ1v) is 13.6. The molecule has 1 atom stereocenters. The molecule has 2 N–H and O–H groups in total. The molecule has 1 aliphatic heterocycles. The highest BCUT2D eigenvalue weighted by atomic mass is 32.1. The molecule has 39 heavy (non-hydrogen) atoms. The van der Waals surface area contributed by atoms with Gasteiger partial charge >= 0.3 is 0 Å². The van der Waals surface area contributed by atoms with Gasteiger partial charge in [0.05, 0.1) is 26.8 Å². The number of rotatable bonds is 9. The third-order valence-corrected chi connectivity index (χ3v) is 7.60. The molecule has 1 saturated heterocycles. The molecule has 0 radical (unpaired) electrons. The maximum Gasteiger partial charge on any atom is 0.272 e. The predicted molar refractivity (Wildman–Crippen MR) is 148 cm³/mol. The van der Waals surface area contributed by atoms with Gasteiger partial charge in [-0.2, -0.15) is 5.26 Å². The fourth-order valence-corrected chi connectivity index (χ4v) is 5.38. The Morgan fingerprint density at radius 3 is 2.72 bits per heavy atom. The highest BCUT2D eigenvalue weighted by molar-refractivity contribution is 7.14. The van der Waals surface area contributed by atoms with Crippen LogP contribution in [-0.2, 0) is 17.9 Å². The van der Waals surface area contributed by atoms with Crippen LogP contribution in [0.2, 0.25) is 0 Å². The lowest BCUT2D eigenvalue weighted by Crippen LogP contribution is -2.38. The SMILES string of the molecule is C=C(C#N)C(=O)N1CCC[C@@H]1Cn1c(NC(=O)c2ccc(C(F)F)s2)nc2ccc(CNCC(C)(C)C)cc21. The second kappa shape index (κ2) is 11.6. The predicted octanol–water partition coefficient (Wildman–Crippen LogP) is 5.49. The average molecular weight is 555 g/mol. The lowest BCUT2D eigenvalue weighted by molar-refractivity contribution is -0.127. The molecule has 1 aliphatic rings. The molecular weight excluding hydrogens is 522 g/mol. The number of amides is 2. The number of hydrogen-bond acceptors (Lipinski definition) is 6. The third-order valence-electron chi connectivity index (χ3n) is 6.51. The van der Waals surface area contributed by atoms with Crippen LogP contribution in [0, 0.1) is 16.7 Å². The smallest absolute Gasteiger partial charge is 0.272 e. The molecular formula is C28H32F2N6O2S. The number of anilines is 1. The highest BCUT2D eigenvalue weighted by Crippen LogP contribution is 2.30. The third kappa shape index (κ3) is 6.69. The number of carbonyl (C=O) groups is 2. The minimum Gasteiger partial charge on any atom is -0.333 e. The first-order chi connectivity index (χ1) is 18.5. The van der Waals surface area contributed by atoms with Gasteiger partial charge in [0.1, 0.15) is 11.6 Å². The lowest BCUT2D eigenvalue weighted by Gasteiger charge is -2.25. The summed E-state index contributed by atoms with van der Waals surface area (Å²) in [5.41, 5.74) is 2.47. The quantitative estimate of drug-likeness (QED) is 0.269. The molecule has 2 amide bonds. The van der Waals surface area contributed by atoms with Gasteiger partial charge in [0.25, 0.3) is 18.2 Å². The summed E-state index contributed by atoms with van der Waals surface area (Å²) in [5, 5.41) is 15.4. The maximum atomic E-state index is 13.1. The van der Waals surface area contributed by atoms with Crippen molar-refractivity contribution in [2.75, 3.05) is 18.4 Å². The summed E-state index contributed by atoms with van der Waals surface area (Å²) in [4.78, 5) is 32.0. The summed E-state index contributed by atoms with van der Waals surface area (Å²) in [7, 11) is 0. The van der Waals surface area contributed by atoms with Crippen molar-refractivity contribution in [3.05, 3.63) is 57.8 Å². The standard InChI is InChI=1S/C28H32F2N6O2S/c1-17(13-31)26(38)35-11-5-6-19(35)15-36-21-12-18(14-32-16-28(2,3)4)7-8-20(21)33-27(36)34-25(37)23-10-9-22(39-23)24(29)30/h7-10,12,19,24,32H,1,5-6,11,14-16H2,2-4H3,(H,33,34,37)/t19-/m1/s1. The highest BCUT2D eigenvalue weighted by Gasteiger charge is 2.31. The number of fused-ring (bicyclic) bond motifs is 1. The Morgan fingerprint density at radius 1 is 1.28 bits per heavy atom. The zero-order valence-corrected chi connectivity index (χ0v) is 23.1. The normalized spacial score (nSPS) is 15.6. The van der Waals surface area contributed by atoms with Gasteiger partial charge in [-0.25, -0.2) is 13.8 Å². The fourth-order valence-electron chi connectivity index (χ4n) is 4.62. The molecule has 0 saturated carbocycles. The fraction of sp³-hybridized carbons (Fsp3) is 0.429. The minimum absolute atomic E-state index is 0.120. The van der Waals surface area contributed by atoms with Crippen molar-refractivity contribution in [3.63, 3.8) is 0 Å². The Bertz CT molecular complexity index is 1430. The van der Waals surface area contributed by atoms with Gasteiger partial charge in [0.15, 0.2) is 0 Å². The van der Waals surface area contributed by atoms with Crippen LogP contribution in [0.4, 0.5) is 14.7 Å². The number of thiophene rings is 1. The molecule has 0 aliphatic carbocycles. The van der Waals surface area contributed by atoms with E-state index in [1.807, 2.05) is 28.8 Å². The van der Waals surface area contributed by atoms with Crippen molar-refractivity contribution >= 4 is 40.1 Å². The molecule has 4 rings (SSSR count). The lowest BCUT2D eigenvalue weighted by atomic mass is 9.97. The largest absolute Gasteiger partial charge is 0.333 e. The Hall–Kier alpha value is -3.62. The van der Waals surface area contributed by atoms with Gasteiger partial charge in [0.2, 0.25) is 5.95 Å². The second-order valence-corrected chi connectivity index (χ2v) is 12.0. The first-order valence-electron chi connectivity index (χ1n) is 12.8. The van der Waals surface area contributed by atoms with Crippen molar-refractivity contribution in [1.29, 1.82) is 5.26 Å². The molecule has 8 nitrogen and oxygen atoms in total. The topological polar surface area (TPSA) is 103 Å². The number of nitrogens with zero attached hydrogens (tertiary/aromatic N) is 4. The summed E-state index contributed by atoms with van der Waals surface area (Å²) < 4.78 is 28.0. The van der Waals surface area contributed by atoms with E-state index in [9.17, 15) is 23.6 Å². The molecule has 2 aromatic heterocycles. The van der Waals surface area contributed by atoms with Crippen molar-refractivity contribution in [2.45, 2.75) is 59.2 Å². The summed E-state index contributed by atoms with van der Waals surface area (Å²) in [6.07, 6.45) is -1.16. The van der Waals surface area contributed by atoms with E-state index >= 15 is 0 Å². The van der Waals surface area contributed by atoms with Crippen LogP contribution in [0.1, 0.15) is 60.2 Å². The number of benzene rings is 1. The van der Waals surface area contributed by atoms with Crippen molar-refractivity contribution < 1.29 is 18.4 Å². The van der Waals surface area contributed by atoms with Gasteiger partial charge in [-0.05, 0) is 48.1 Å². The summed E-state index contributed by atoms with van der Waals surface area (Å²) >= 11 is 0.737. The van der Waals surface area contributed by atoms with Crippen LogP contribution in [0.15, 0.2) is 42.5 Å². The average Bonchev–Trinajstić information content (AvgIpc) is 3.62. The number of nitrogens with one attached hydrogen (secondary N) is 2. The summed E-state index contributed by atoms with van der Waals surface area (Å²) in [6, 6.07) is 10.1. The Kier molecular flexibility index (Phi) is 8.47. The molecule has 0 unspecified atom stereocenters. The van der Waals surface area contributed by atoms with Crippen molar-refractivity contribution in [1.82, 2.24) is 19.8 Å². The maximum absolute atomic E-state index is 13.1. The number of likely N-dealkylation sites (tertiary alicyclic amines) is 1. The molecule has 1 fully saturated rings. The second-order valence-electron chi connectivity index (χ2n) is 10.9. The van der Waals surface area contributed by atoms with E-state index in [4.69, 9.17) is 0 Å². The van der Waals surface area contributed by atoms with E-state index in [1.165, 1.54) is 12.1 Å². The van der Waals surface area contributed by atoms with E-state index in [2.05, 4.69) is 43.0 Å². The summed E-state index contributed by atoms with van der Waals surface area (Å²) in [6.45, 7) is 12.3. The molecule has 11 heteroatoms. The number of nitriles is 1. The number of imidazole rings is 1. The van der Waals surface area contributed by atoms with Crippen LogP contribution >= 0.6 is 11.3 Å². The van der Waals surface area contributed by atoms with Gasteiger partial charge < -0.3 is 14.8 Å². The van der Waals surface area contributed by atoms with Crippen molar-refractivity contribution in [3.8, 4) is 6.07 Å². The van der Waals surface area contributed by atoms with Crippen LogP contribution in [-0.4, -0.2) is 45.4 Å². The number of aromatic nitrogens is 2. The van der Waals surface area contributed by atoms with Gasteiger partial charge in [-0.3, -0.25) is 14.9 Å². The molecule has 0 bridgehead atoms. The van der Waals surface area contributed by atoms with E-state index in [0.717, 1.165) is 35.4 Å². The van der Waals surface area contributed by atoms with Crippen molar-refractivity contribution in [2.24, 2.45) is 5.41 Å². The molecule has 1 aromatic carbocycles. The molecule has 0 spiro atoms. The van der Waals surface area contributed by atoms with Gasteiger partial charge in [0, 0.05) is 26.2 Å². The number of hydrogen-bond donors (Lipinski definition) is 2. The van der Waals surface area contributed by atoms with E-state index in [1.54, 1.807) is 4.90 Å². The van der Waals surface area contributed by atoms with Crippen LogP contribution in [0.25, 0.3) is 11.0 Å². The Labute approximate surface area is 230 Å². The van der Waals surface area contributed by atoms with E-state index < -0.39 is 18.2 Å². The van der Waals surface area contributed by atoms with Crippen LogP contribution in [0.5, 0.6) is 0 Å². The molecule has 206 valence electrons. The summed E-state index contributed by atoms with van der Waals surface area (Å²) in [5.74, 6) is -0.673. The number of halogens is 2. The van der Waals surface area contributed by atoms with Gasteiger partial charge in [-0.15, -0.1) is 11.3 Å². The minimum atomic E-state index is -2.65. The zero-order valence-electron chi connectivity index (χ0n) is 22.3. The first kappa shape index (κ1) is 28.4. The Morgan fingerprint density at radius 2 is 2.05 bits per heavy atom. The van der Waals surface area contributed by atoms with Crippen LogP contribution in [0.3, 0.4) is 0 Å².